The number of aryl methyl sites for hydroxylation is 2. The Balaban J connectivity index is 1.93. The second kappa shape index (κ2) is 6.20. The average molecular weight is 260 g/mol. The number of carbonyl (C=O) groups is 1. The van der Waals surface area contributed by atoms with E-state index in [0.717, 1.165) is 24.2 Å². The first-order valence-electron chi connectivity index (χ1n) is 7.13. The zero-order valence-corrected chi connectivity index (χ0v) is 12.2. The molecule has 2 rings (SSSR count). The maximum atomic E-state index is 12.1. The smallest absolute Gasteiger partial charge is 0.225 e. The fraction of sp³-hybridized carbons (Fsp3) is 0.562. The molecule has 1 heterocycles. The van der Waals surface area contributed by atoms with Gasteiger partial charge in [-0.05, 0) is 51.9 Å². The first kappa shape index (κ1) is 14.1. The van der Waals surface area contributed by atoms with Gasteiger partial charge in [0.05, 0.1) is 0 Å². The van der Waals surface area contributed by atoms with Crippen LogP contribution >= 0.6 is 0 Å². The summed E-state index contributed by atoms with van der Waals surface area (Å²) in [7, 11) is 2.12. The molecule has 1 aromatic rings. The molecule has 1 aromatic carbocycles. The molecule has 0 spiro atoms. The molecule has 0 radical (unpaired) electrons. The van der Waals surface area contributed by atoms with Crippen LogP contribution in [0, 0.1) is 13.8 Å². The minimum absolute atomic E-state index is 0.130. The standard InChI is InChI=1S/C16H24N2O/c1-12-7-8-15(13(2)10-12)17-16(19)11-14-6-4-5-9-18(14)3/h7-8,10,14H,4-6,9,11H2,1-3H3,(H,17,19). The van der Waals surface area contributed by atoms with Crippen molar-refractivity contribution in [2.45, 2.75) is 45.6 Å². The van der Waals surface area contributed by atoms with Crippen LogP contribution in [0.15, 0.2) is 18.2 Å². The van der Waals surface area contributed by atoms with Gasteiger partial charge in [-0.1, -0.05) is 24.1 Å². The van der Waals surface area contributed by atoms with Crippen molar-refractivity contribution in [3.8, 4) is 0 Å². The lowest BCUT2D eigenvalue weighted by atomic mass is 10.00. The largest absolute Gasteiger partial charge is 0.326 e. The Labute approximate surface area is 116 Å². The van der Waals surface area contributed by atoms with Crippen molar-refractivity contribution < 1.29 is 4.79 Å². The SMILES string of the molecule is Cc1ccc(NC(=O)CC2CCCCN2C)c(C)c1. The highest BCUT2D eigenvalue weighted by atomic mass is 16.1. The fourth-order valence-corrected chi connectivity index (χ4v) is 2.77. The van der Waals surface area contributed by atoms with Gasteiger partial charge in [0.25, 0.3) is 0 Å². The molecular weight excluding hydrogens is 236 g/mol. The Bertz CT molecular complexity index is 456. The Morgan fingerprint density at radius 2 is 2.16 bits per heavy atom. The molecule has 1 unspecified atom stereocenters. The van der Waals surface area contributed by atoms with Crippen LogP contribution < -0.4 is 5.32 Å². The quantitative estimate of drug-likeness (QED) is 0.905. The summed E-state index contributed by atoms with van der Waals surface area (Å²) in [4.78, 5) is 14.4. The van der Waals surface area contributed by atoms with Gasteiger partial charge in [-0.3, -0.25) is 4.79 Å². The number of carbonyl (C=O) groups excluding carboxylic acids is 1. The van der Waals surface area contributed by atoms with Gasteiger partial charge in [-0.2, -0.15) is 0 Å². The van der Waals surface area contributed by atoms with Crippen molar-refractivity contribution in [3.63, 3.8) is 0 Å². The number of benzene rings is 1. The lowest BCUT2D eigenvalue weighted by Gasteiger charge is -2.32. The number of hydrogen-bond donors (Lipinski definition) is 1. The molecule has 1 N–H and O–H groups in total. The summed E-state index contributed by atoms with van der Waals surface area (Å²) in [5, 5.41) is 3.04. The zero-order chi connectivity index (χ0) is 13.8. The first-order chi connectivity index (χ1) is 9.06. The molecule has 19 heavy (non-hydrogen) atoms. The van der Waals surface area contributed by atoms with Crippen LogP contribution in [0.4, 0.5) is 5.69 Å². The van der Waals surface area contributed by atoms with Crippen LogP contribution in [0.3, 0.4) is 0 Å². The minimum atomic E-state index is 0.130. The van der Waals surface area contributed by atoms with E-state index in [4.69, 9.17) is 0 Å². The van der Waals surface area contributed by atoms with E-state index in [2.05, 4.69) is 30.3 Å². The second-order valence-electron chi connectivity index (χ2n) is 5.70. The molecule has 0 aliphatic carbocycles. The Hall–Kier alpha value is -1.35. The lowest BCUT2D eigenvalue weighted by molar-refractivity contribution is -0.117. The number of anilines is 1. The van der Waals surface area contributed by atoms with E-state index in [1.807, 2.05) is 19.1 Å². The molecule has 1 atom stereocenters. The summed E-state index contributed by atoms with van der Waals surface area (Å²) in [6.45, 7) is 5.21. The van der Waals surface area contributed by atoms with Crippen molar-refractivity contribution >= 4 is 11.6 Å². The number of likely N-dealkylation sites (tertiary alicyclic amines) is 1. The minimum Gasteiger partial charge on any atom is -0.326 e. The van der Waals surface area contributed by atoms with Gasteiger partial charge in [0, 0.05) is 18.2 Å². The lowest BCUT2D eigenvalue weighted by Crippen LogP contribution is -2.38. The number of hydrogen-bond acceptors (Lipinski definition) is 2. The van der Waals surface area contributed by atoms with Crippen molar-refractivity contribution in [3.05, 3.63) is 29.3 Å². The summed E-state index contributed by atoms with van der Waals surface area (Å²) >= 11 is 0. The zero-order valence-electron chi connectivity index (χ0n) is 12.2. The highest BCUT2D eigenvalue weighted by molar-refractivity contribution is 5.91. The Morgan fingerprint density at radius 3 is 2.84 bits per heavy atom. The molecule has 3 nitrogen and oxygen atoms in total. The molecule has 0 saturated carbocycles. The third-order valence-electron chi connectivity index (χ3n) is 4.00. The van der Waals surface area contributed by atoms with E-state index < -0.39 is 0 Å². The van der Waals surface area contributed by atoms with Crippen LogP contribution in [0.1, 0.15) is 36.8 Å². The van der Waals surface area contributed by atoms with Crippen LogP contribution in [-0.2, 0) is 4.79 Å². The predicted octanol–water partition coefficient (Wildman–Crippen LogP) is 3.12. The second-order valence-corrected chi connectivity index (χ2v) is 5.70. The number of amides is 1. The molecule has 0 bridgehead atoms. The highest BCUT2D eigenvalue weighted by Gasteiger charge is 2.21. The maximum absolute atomic E-state index is 12.1. The third-order valence-corrected chi connectivity index (χ3v) is 4.00. The van der Waals surface area contributed by atoms with Crippen molar-refractivity contribution in [2.24, 2.45) is 0 Å². The normalized spacial score (nSPS) is 20.3. The summed E-state index contributed by atoms with van der Waals surface area (Å²) in [6.07, 6.45) is 4.23. The predicted molar refractivity (Wildman–Crippen MR) is 79.4 cm³/mol. The molecule has 1 aliphatic rings. The van der Waals surface area contributed by atoms with Gasteiger partial charge in [0.1, 0.15) is 0 Å². The summed E-state index contributed by atoms with van der Waals surface area (Å²) in [6, 6.07) is 6.53. The average Bonchev–Trinajstić information content (AvgIpc) is 2.36. The summed E-state index contributed by atoms with van der Waals surface area (Å²) in [5.74, 6) is 0.130. The van der Waals surface area contributed by atoms with E-state index in [0.29, 0.717) is 12.5 Å². The molecule has 1 amide bonds. The van der Waals surface area contributed by atoms with E-state index in [1.54, 1.807) is 0 Å². The van der Waals surface area contributed by atoms with Gasteiger partial charge >= 0.3 is 0 Å². The van der Waals surface area contributed by atoms with Gasteiger partial charge in [0.15, 0.2) is 0 Å². The maximum Gasteiger partial charge on any atom is 0.225 e. The van der Waals surface area contributed by atoms with Crippen molar-refractivity contribution in [2.75, 3.05) is 18.9 Å². The Kier molecular flexibility index (Phi) is 4.59. The number of rotatable bonds is 3. The summed E-state index contributed by atoms with van der Waals surface area (Å²) in [5.41, 5.74) is 3.29. The Morgan fingerprint density at radius 1 is 1.37 bits per heavy atom. The number of nitrogens with zero attached hydrogens (tertiary/aromatic N) is 1. The van der Waals surface area contributed by atoms with Gasteiger partial charge in [-0.25, -0.2) is 0 Å². The highest BCUT2D eigenvalue weighted by Crippen LogP contribution is 2.20. The number of piperidine rings is 1. The molecule has 104 valence electrons. The molecule has 1 fully saturated rings. The molecule has 3 heteroatoms. The van der Waals surface area contributed by atoms with E-state index in [9.17, 15) is 4.79 Å². The molecule has 1 saturated heterocycles. The summed E-state index contributed by atoms with van der Waals surface area (Å²) < 4.78 is 0. The molecule has 0 aromatic heterocycles. The van der Waals surface area contributed by atoms with Crippen molar-refractivity contribution in [1.82, 2.24) is 4.90 Å². The van der Waals surface area contributed by atoms with Crippen molar-refractivity contribution in [1.29, 1.82) is 0 Å². The van der Waals surface area contributed by atoms with Crippen LogP contribution in [0.2, 0.25) is 0 Å². The van der Waals surface area contributed by atoms with E-state index in [-0.39, 0.29) is 5.91 Å². The third kappa shape index (κ3) is 3.80. The van der Waals surface area contributed by atoms with Gasteiger partial charge in [0.2, 0.25) is 5.91 Å². The van der Waals surface area contributed by atoms with Gasteiger partial charge < -0.3 is 10.2 Å². The van der Waals surface area contributed by atoms with Crippen LogP contribution in [0.25, 0.3) is 0 Å². The monoisotopic (exact) mass is 260 g/mol. The number of nitrogens with one attached hydrogen (secondary N) is 1. The first-order valence-corrected chi connectivity index (χ1v) is 7.13. The van der Waals surface area contributed by atoms with E-state index in [1.165, 1.54) is 18.4 Å². The fourth-order valence-electron chi connectivity index (χ4n) is 2.77. The van der Waals surface area contributed by atoms with Crippen LogP contribution in [0.5, 0.6) is 0 Å². The molecular formula is C16H24N2O. The van der Waals surface area contributed by atoms with Crippen LogP contribution in [-0.4, -0.2) is 30.4 Å². The topological polar surface area (TPSA) is 32.3 Å². The van der Waals surface area contributed by atoms with Gasteiger partial charge in [-0.15, -0.1) is 0 Å². The van der Waals surface area contributed by atoms with E-state index >= 15 is 0 Å². The molecule has 1 aliphatic heterocycles.